The number of anilines is 1. The predicted octanol–water partition coefficient (Wildman–Crippen LogP) is 1.73. The molecule has 1 amide bonds. The van der Waals surface area contributed by atoms with Gasteiger partial charge in [-0.15, -0.1) is 10.2 Å². The van der Waals surface area contributed by atoms with Crippen molar-refractivity contribution in [3.63, 3.8) is 0 Å². The molecule has 0 saturated heterocycles. The number of halogens is 1. The SMILES string of the molecule is CN(Cc1nnc2n1CCC2)C(=O)c1ccc(N)cc1Cl. The number of benzene rings is 1. The van der Waals surface area contributed by atoms with Crippen molar-refractivity contribution in [2.45, 2.75) is 25.9 Å². The molecule has 1 aliphatic rings. The van der Waals surface area contributed by atoms with Gasteiger partial charge in [-0.3, -0.25) is 4.79 Å². The Morgan fingerprint density at radius 1 is 1.48 bits per heavy atom. The number of rotatable bonds is 3. The molecule has 1 aliphatic heterocycles. The smallest absolute Gasteiger partial charge is 0.255 e. The van der Waals surface area contributed by atoms with E-state index in [0.29, 0.717) is 22.8 Å². The third-order valence-corrected chi connectivity index (χ3v) is 3.95. The van der Waals surface area contributed by atoms with Crippen LogP contribution >= 0.6 is 11.6 Å². The molecule has 0 saturated carbocycles. The number of carbonyl (C=O) groups excluding carboxylic acids is 1. The van der Waals surface area contributed by atoms with E-state index in [1.807, 2.05) is 0 Å². The summed E-state index contributed by atoms with van der Waals surface area (Å²) in [5, 5.41) is 8.66. The quantitative estimate of drug-likeness (QED) is 0.876. The van der Waals surface area contributed by atoms with Gasteiger partial charge in [0.1, 0.15) is 5.82 Å². The van der Waals surface area contributed by atoms with Crippen molar-refractivity contribution in [3.05, 3.63) is 40.4 Å². The summed E-state index contributed by atoms with van der Waals surface area (Å²) in [5.74, 6) is 1.65. The molecule has 0 unspecified atom stereocenters. The van der Waals surface area contributed by atoms with Gasteiger partial charge < -0.3 is 15.2 Å². The number of aryl methyl sites for hydroxylation is 1. The molecular formula is C14H16ClN5O. The van der Waals surface area contributed by atoms with E-state index in [9.17, 15) is 4.79 Å². The average Bonchev–Trinajstić information content (AvgIpc) is 3.03. The van der Waals surface area contributed by atoms with Crippen molar-refractivity contribution >= 4 is 23.2 Å². The van der Waals surface area contributed by atoms with Crippen LogP contribution in [0, 0.1) is 0 Å². The Labute approximate surface area is 127 Å². The zero-order chi connectivity index (χ0) is 15.0. The summed E-state index contributed by atoms with van der Waals surface area (Å²) in [4.78, 5) is 14.0. The molecule has 0 spiro atoms. The summed E-state index contributed by atoms with van der Waals surface area (Å²) in [6, 6.07) is 4.89. The third-order valence-electron chi connectivity index (χ3n) is 3.63. The molecule has 3 rings (SSSR count). The van der Waals surface area contributed by atoms with Gasteiger partial charge >= 0.3 is 0 Å². The lowest BCUT2D eigenvalue weighted by molar-refractivity contribution is 0.0780. The molecule has 2 aromatic rings. The summed E-state index contributed by atoms with van der Waals surface area (Å²) in [6.45, 7) is 1.33. The second-order valence-corrected chi connectivity index (χ2v) is 5.60. The molecule has 1 aromatic carbocycles. The van der Waals surface area contributed by atoms with Crippen LogP contribution in [0.2, 0.25) is 5.02 Å². The first kappa shape index (κ1) is 13.9. The predicted molar refractivity (Wildman–Crippen MR) is 80.0 cm³/mol. The minimum atomic E-state index is -0.157. The van der Waals surface area contributed by atoms with Crippen LogP contribution in [0.25, 0.3) is 0 Å². The fourth-order valence-corrected chi connectivity index (χ4v) is 2.79. The van der Waals surface area contributed by atoms with Crippen LogP contribution in [0.5, 0.6) is 0 Å². The fraction of sp³-hybridized carbons (Fsp3) is 0.357. The van der Waals surface area contributed by atoms with E-state index in [0.717, 1.165) is 31.0 Å². The first-order valence-corrected chi connectivity index (χ1v) is 7.15. The Balaban J connectivity index is 1.78. The van der Waals surface area contributed by atoms with E-state index in [-0.39, 0.29) is 5.91 Å². The number of carbonyl (C=O) groups is 1. The fourth-order valence-electron chi connectivity index (χ4n) is 2.52. The van der Waals surface area contributed by atoms with Gasteiger partial charge in [-0.25, -0.2) is 0 Å². The molecule has 6 nitrogen and oxygen atoms in total. The number of fused-ring (bicyclic) bond motifs is 1. The second kappa shape index (κ2) is 5.37. The van der Waals surface area contributed by atoms with Gasteiger partial charge in [-0.1, -0.05) is 11.6 Å². The minimum absolute atomic E-state index is 0.157. The van der Waals surface area contributed by atoms with Crippen LogP contribution < -0.4 is 5.73 Å². The Hall–Kier alpha value is -2.08. The van der Waals surface area contributed by atoms with Gasteiger partial charge in [0, 0.05) is 25.7 Å². The number of nitrogens with two attached hydrogens (primary N) is 1. The highest BCUT2D eigenvalue weighted by Gasteiger charge is 2.21. The lowest BCUT2D eigenvalue weighted by Gasteiger charge is -2.17. The summed E-state index contributed by atoms with van der Waals surface area (Å²) in [6.07, 6.45) is 2.04. The Morgan fingerprint density at radius 3 is 3.05 bits per heavy atom. The Morgan fingerprint density at radius 2 is 2.29 bits per heavy atom. The minimum Gasteiger partial charge on any atom is -0.399 e. The molecule has 2 N–H and O–H groups in total. The van der Waals surface area contributed by atoms with E-state index >= 15 is 0 Å². The van der Waals surface area contributed by atoms with Crippen molar-refractivity contribution in [1.29, 1.82) is 0 Å². The Bertz CT molecular complexity index is 697. The lowest BCUT2D eigenvalue weighted by Crippen LogP contribution is -2.28. The molecule has 0 fully saturated rings. The van der Waals surface area contributed by atoms with Gasteiger partial charge in [-0.2, -0.15) is 0 Å². The standard InChI is InChI=1S/C14H16ClN5O/c1-19(8-13-18-17-12-3-2-6-20(12)13)14(21)10-5-4-9(16)7-11(10)15/h4-5,7H,2-3,6,8,16H2,1H3. The molecule has 0 radical (unpaired) electrons. The first-order chi connectivity index (χ1) is 10.1. The van der Waals surface area contributed by atoms with E-state index < -0.39 is 0 Å². The topological polar surface area (TPSA) is 77.0 Å². The maximum absolute atomic E-state index is 12.4. The van der Waals surface area contributed by atoms with Gasteiger partial charge in [-0.05, 0) is 24.6 Å². The van der Waals surface area contributed by atoms with Crippen LogP contribution in [-0.4, -0.2) is 32.6 Å². The van der Waals surface area contributed by atoms with Crippen molar-refractivity contribution < 1.29 is 4.79 Å². The van der Waals surface area contributed by atoms with E-state index in [2.05, 4.69) is 14.8 Å². The number of hydrogen-bond donors (Lipinski definition) is 1. The molecule has 0 atom stereocenters. The van der Waals surface area contributed by atoms with Crippen molar-refractivity contribution in [2.75, 3.05) is 12.8 Å². The molecule has 7 heteroatoms. The largest absolute Gasteiger partial charge is 0.399 e. The van der Waals surface area contributed by atoms with Crippen molar-refractivity contribution in [2.24, 2.45) is 0 Å². The number of nitrogens with zero attached hydrogens (tertiary/aromatic N) is 4. The highest BCUT2D eigenvalue weighted by atomic mass is 35.5. The van der Waals surface area contributed by atoms with Crippen LogP contribution in [0.4, 0.5) is 5.69 Å². The zero-order valence-electron chi connectivity index (χ0n) is 11.7. The molecule has 2 heterocycles. The maximum Gasteiger partial charge on any atom is 0.255 e. The van der Waals surface area contributed by atoms with Crippen LogP contribution in [0.1, 0.15) is 28.4 Å². The van der Waals surface area contributed by atoms with Crippen molar-refractivity contribution in [3.8, 4) is 0 Å². The molecular weight excluding hydrogens is 290 g/mol. The number of amides is 1. The number of nitrogen functional groups attached to an aromatic ring is 1. The van der Waals surface area contributed by atoms with Gasteiger partial charge in [0.15, 0.2) is 5.82 Å². The highest BCUT2D eigenvalue weighted by Crippen LogP contribution is 2.21. The molecule has 0 aliphatic carbocycles. The lowest BCUT2D eigenvalue weighted by atomic mass is 10.2. The molecule has 1 aromatic heterocycles. The van der Waals surface area contributed by atoms with Gasteiger partial charge in [0.2, 0.25) is 0 Å². The van der Waals surface area contributed by atoms with Crippen LogP contribution in [0.15, 0.2) is 18.2 Å². The van der Waals surface area contributed by atoms with Crippen molar-refractivity contribution in [1.82, 2.24) is 19.7 Å². The number of aromatic nitrogens is 3. The normalized spacial score (nSPS) is 13.2. The van der Waals surface area contributed by atoms with Crippen LogP contribution in [-0.2, 0) is 19.5 Å². The monoisotopic (exact) mass is 305 g/mol. The molecule has 0 bridgehead atoms. The van der Waals surface area contributed by atoms with E-state index in [1.54, 1.807) is 30.1 Å². The zero-order valence-corrected chi connectivity index (χ0v) is 12.5. The van der Waals surface area contributed by atoms with Gasteiger partial charge in [0.05, 0.1) is 17.1 Å². The summed E-state index contributed by atoms with van der Waals surface area (Å²) in [5.41, 5.74) is 6.62. The summed E-state index contributed by atoms with van der Waals surface area (Å²) < 4.78 is 2.08. The molecule has 21 heavy (non-hydrogen) atoms. The molecule has 110 valence electrons. The van der Waals surface area contributed by atoms with E-state index in [1.165, 1.54) is 0 Å². The summed E-state index contributed by atoms with van der Waals surface area (Å²) in [7, 11) is 1.73. The number of hydrogen-bond acceptors (Lipinski definition) is 4. The summed E-state index contributed by atoms with van der Waals surface area (Å²) >= 11 is 6.08. The second-order valence-electron chi connectivity index (χ2n) is 5.19. The van der Waals surface area contributed by atoms with Crippen LogP contribution in [0.3, 0.4) is 0 Å². The highest BCUT2D eigenvalue weighted by molar-refractivity contribution is 6.34. The maximum atomic E-state index is 12.4. The first-order valence-electron chi connectivity index (χ1n) is 6.77. The van der Waals surface area contributed by atoms with E-state index in [4.69, 9.17) is 17.3 Å². The van der Waals surface area contributed by atoms with Gasteiger partial charge in [0.25, 0.3) is 5.91 Å². The third kappa shape index (κ3) is 2.58. The Kier molecular flexibility index (Phi) is 3.55. The average molecular weight is 306 g/mol.